The molecule has 2 heterocycles. The number of nitrogens with one attached hydrogen (secondary N) is 2. The van der Waals surface area contributed by atoms with Gasteiger partial charge in [-0.1, -0.05) is 26.7 Å². The average Bonchev–Trinajstić information content (AvgIpc) is 2.77. The molecule has 0 spiro atoms. The molecule has 2 saturated heterocycles. The monoisotopic (exact) mass is 295 g/mol. The third kappa shape index (κ3) is 4.96. The molecule has 2 N–H and O–H groups in total. The Morgan fingerprint density at radius 2 is 1.90 bits per heavy atom. The summed E-state index contributed by atoms with van der Waals surface area (Å²) in [6.07, 6.45) is 7.71. The van der Waals surface area contributed by atoms with Gasteiger partial charge in [0.15, 0.2) is 0 Å². The van der Waals surface area contributed by atoms with Crippen LogP contribution in [0.25, 0.3) is 0 Å². The quantitative estimate of drug-likeness (QED) is 0.815. The molecule has 0 aromatic rings. The first-order chi connectivity index (χ1) is 10.1. The van der Waals surface area contributed by atoms with Gasteiger partial charge < -0.3 is 15.5 Å². The Kier molecular flexibility index (Phi) is 6.49. The van der Waals surface area contributed by atoms with Crippen LogP contribution in [0, 0.1) is 11.3 Å². The average molecular weight is 295 g/mol. The first-order valence-electron chi connectivity index (χ1n) is 8.82. The number of likely N-dealkylation sites (tertiary alicyclic amines) is 1. The molecular formula is C17H33N3O. The maximum Gasteiger partial charge on any atom is 0.226 e. The summed E-state index contributed by atoms with van der Waals surface area (Å²) in [6.45, 7) is 10.5. The van der Waals surface area contributed by atoms with Gasteiger partial charge in [0.1, 0.15) is 0 Å². The largest absolute Gasteiger partial charge is 0.354 e. The van der Waals surface area contributed by atoms with E-state index in [4.69, 9.17) is 0 Å². The van der Waals surface area contributed by atoms with Gasteiger partial charge in [-0.2, -0.15) is 0 Å². The maximum absolute atomic E-state index is 12.5. The van der Waals surface area contributed by atoms with Gasteiger partial charge in [0.2, 0.25) is 5.91 Å². The van der Waals surface area contributed by atoms with Crippen molar-refractivity contribution in [3.8, 4) is 0 Å². The minimum Gasteiger partial charge on any atom is -0.354 e. The van der Waals surface area contributed by atoms with Crippen LogP contribution in [0.5, 0.6) is 0 Å². The van der Waals surface area contributed by atoms with E-state index in [9.17, 15) is 4.79 Å². The van der Waals surface area contributed by atoms with E-state index in [-0.39, 0.29) is 11.3 Å². The van der Waals surface area contributed by atoms with Gasteiger partial charge in [0.25, 0.3) is 0 Å². The number of amides is 1. The molecule has 0 aromatic carbocycles. The van der Waals surface area contributed by atoms with Crippen LogP contribution in [-0.4, -0.2) is 50.1 Å². The lowest BCUT2D eigenvalue weighted by molar-refractivity contribution is -0.132. The molecule has 0 aromatic heterocycles. The first-order valence-corrected chi connectivity index (χ1v) is 8.82. The molecule has 2 fully saturated rings. The molecule has 2 rings (SSSR count). The summed E-state index contributed by atoms with van der Waals surface area (Å²) in [5.74, 6) is 0.690. The highest BCUT2D eigenvalue weighted by molar-refractivity contribution is 5.82. The molecule has 2 aliphatic heterocycles. The minimum atomic E-state index is -0.258. The fourth-order valence-corrected chi connectivity index (χ4v) is 3.57. The minimum absolute atomic E-state index is 0.228. The Labute approximate surface area is 130 Å². The Bertz CT molecular complexity index is 316. The highest BCUT2D eigenvalue weighted by Gasteiger charge is 2.36. The smallest absolute Gasteiger partial charge is 0.226 e. The Balaban J connectivity index is 1.72. The van der Waals surface area contributed by atoms with E-state index in [0.29, 0.717) is 5.92 Å². The molecule has 0 aliphatic carbocycles. The molecule has 1 atom stereocenters. The number of rotatable bonds is 5. The summed E-state index contributed by atoms with van der Waals surface area (Å²) >= 11 is 0. The second-order valence-corrected chi connectivity index (χ2v) is 7.28. The molecule has 4 nitrogen and oxygen atoms in total. The Morgan fingerprint density at radius 3 is 2.52 bits per heavy atom. The molecule has 21 heavy (non-hydrogen) atoms. The topological polar surface area (TPSA) is 44.4 Å². The highest BCUT2D eigenvalue weighted by atomic mass is 16.2. The van der Waals surface area contributed by atoms with Crippen molar-refractivity contribution in [3.63, 3.8) is 0 Å². The summed E-state index contributed by atoms with van der Waals surface area (Å²) in [4.78, 5) is 15.0. The van der Waals surface area contributed by atoms with Crippen molar-refractivity contribution in [1.29, 1.82) is 0 Å². The first kappa shape index (κ1) is 16.8. The zero-order valence-corrected chi connectivity index (χ0v) is 13.9. The molecule has 122 valence electrons. The highest BCUT2D eigenvalue weighted by Crippen LogP contribution is 2.31. The van der Waals surface area contributed by atoms with E-state index in [1.807, 2.05) is 0 Å². The van der Waals surface area contributed by atoms with Crippen molar-refractivity contribution < 1.29 is 4.79 Å². The van der Waals surface area contributed by atoms with Crippen LogP contribution in [0.15, 0.2) is 0 Å². The van der Waals surface area contributed by atoms with Gasteiger partial charge in [0, 0.05) is 18.5 Å². The van der Waals surface area contributed by atoms with Crippen molar-refractivity contribution in [2.24, 2.45) is 11.3 Å². The maximum atomic E-state index is 12.5. The molecule has 0 saturated carbocycles. The van der Waals surface area contributed by atoms with Crippen LogP contribution in [-0.2, 0) is 4.79 Å². The molecule has 1 unspecified atom stereocenters. The van der Waals surface area contributed by atoms with Crippen LogP contribution < -0.4 is 10.6 Å². The van der Waals surface area contributed by atoms with Crippen molar-refractivity contribution in [2.45, 2.75) is 52.4 Å². The number of nitrogens with zero attached hydrogens (tertiary/aromatic N) is 1. The summed E-state index contributed by atoms with van der Waals surface area (Å²) in [5, 5.41) is 6.60. The summed E-state index contributed by atoms with van der Waals surface area (Å²) < 4.78 is 0. The van der Waals surface area contributed by atoms with Gasteiger partial charge >= 0.3 is 0 Å². The zero-order valence-electron chi connectivity index (χ0n) is 13.9. The van der Waals surface area contributed by atoms with E-state index < -0.39 is 0 Å². The van der Waals surface area contributed by atoms with Gasteiger partial charge in [-0.3, -0.25) is 4.79 Å². The zero-order chi connectivity index (χ0) is 15.1. The van der Waals surface area contributed by atoms with E-state index in [2.05, 4.69) is 29.4 Å². The molecule has 1 amide bonds. The second kappa shape index (κ2) is 8.14. The number of carbonyl (C=O) groups is 1. The van der Waals surface area contributed by atoms with Gasteiger partial charge in [-0.05, 0) is 57.8 Å². The number of piperidine rings is 1. The standard InChI is InChI=1S/C17H33N3O/c1-17(2,15-8-7-9-18-14-15)16(21)19-10-13-20-11-5-3-4-6-12-20/h15,18H,3-14H2,1-2H3,(H,19,21). The molecular weight excluding hydrogens is 262 g/mol. The molecule has 4 heteroatoms. The van der Waals surface area contributed by atoms with Crippen molar-refractivity contribution in [2.75, 3.05) is 39.3 Å². The number of hydrogen-bond donors (Lipinski definition) is 2. The molecule has 2 aliphatic rings. The fraction of sp³-hybridized carbons (Fsp3) is 0.941. The van der Waals surface area contributed by atoms with E-state index in [1.54, 1.807) is 0 Å². The van der Waals surface area contributed by atoms with E-state index in [1.165, 1.54) is 51.6 Å². The fourth-order valence-electron chi connectivity index (χ4n) is 3.57. The third-order valence-corrected chi connectivity index (χ3v) is 5.31. The summed E-state index contributed by atoms with van der Waals surface area (Å²) in [5.41, 5.74) is -0.258. The van der Waals surface area contributed by atoms with Crippen LogP contribution in [0.2, 0.25) is 0 Å². The van der Waals surface area contributed by atoms with E-state index >= 15 is 0 Å². The van der Waals surface area contributed by atoms with Crippen molar-refractivity contribution >= 4 is 5.91 Å². The summed E-state index contributed by atoms with van der Waals surface area (Å²) in [7, 11) is 0. The van der Waals surface area contributed by atoms with E-state index in [0.717, 1.165) is 26.2 Å². The lowest BCUT2D eigenvalue weighted by atomic mass is 9.74. The van der Waals surface area contributed by atoms with Crippen molar-refractivity contribution in [1.82, 2.24) is 15.5 Å². The lowest BCUT2D eigenvalue weighted by Crippen LogP contribution is -2.48. The van der Waals surface area contributed by atoms with Crippen LogP contribution >= 0.6 is 0 Å². The second-order valence-electron chi connectivity index (χ2n) is 7.28. The van der Waals surface area contributed by atoms with Crippen LogP contribution in [0.3, 0.4) is 0 Å². The van der Waals surface area contributed by atoms with Crippen LogP contribution in [0.4, 0.5) is 0 Å². The Hall–Kier alpha value is -0.610. The van der Waals surface area contributed by atoms with Gasteiger partial charge in [-0.25, -0.2) is 0 Å². The van der Waals surface area contributed by atoms with Gasteiger partial charge in [-0.15, -0.1) is 0 Å². The molecule has 0 bridgehead atoms. The molecule has 0 radical (unpaired) electrons. The van der Waals surface area contributed by atoms with Crippen LogP contribution in [0.1, 0.15) is 52.4 Å². The van der Waals surface area contributed by atoms with Crippen molar-refractivity contribution in [3.05, 3.63) is 0 Å². The third-order valence-electron chi connectivity index (χ3n) is 5.31. The predicted molar refractivity (Wildman–Crippen MR) is 87.3 cm³/mol. The Morgan fingerprint density at radius 1 is 1.19 bits per heavy atom. The normalized spacial score (nSPS) is 25.3. The van der Waals surface area contributed by atoms with Gasteiger partial charge in [0.05, 0.1) is 0 Å². The predicted octanol–water partition coefficient (Wildman–Crippen LogP) is 2.00. The summed E-state index contributed by atoms with van der Waals surface area (Å²) in [6, 6.07) is 0. The lowest BCUT2D eigenvalue weighted by Gasteiger charge is -2.36. The number of carbonyl (C=O) groups excluding carboxylic acids is 1. The SMILES string of the molecule is CC(C)(C(=O)NCCN1CCCCCC1)C1CCCNC1. The number of hydrogen-bond acceptors (Lipinski definition) is 3.